The minimum atomic E-state index is -1.11. The Morgan fingerprint density at radius 1 is 1.04 bits per heavy atom. The summed E-state index contributed by atoms with van der Waals surface area (Å²) in [6.45, 7) is 8.76. The molecule has 0 saturated carbocycles. The molecule has 0 aliphatic rings. The number of carboxylic acids is 1. The lowest BCUT2D eigenvalue weighted by molar-refractivity contribution is 0.0142. The largest absolute Gasteiger partial charge is 0.478 e. The van der Waals surface area contributed by atoms with Gasteiger partial charge in [0.15, 0.2) is 0 Å². The van der Waals surface area contributed by atoms with E-state index >= 15 is 0 Å². The maximum Gasteiger partial charge on any atom is 0.339 e. The standard InChI is InChI=1S/C22H34O4/c1-5-7-9-12-17(16-22(3,4)15-8-6-2)26-21(25)19-14-11-10-13-18(19)20(23)24/h10-11,13-14,17H,5-9,12,15-16H2,1-4H3,(H,23,24). The minimum absolute atomic E-state index is 0.00458. The summed E-state index contributed by atoms with van der Waals surface area (Å²) in [6.07, 6.45) is 8.08. The van der Waals surface area contributed by atoms with Crippen molar-refractivity contribution in [2.75, 3.05) is 0 Å². The molecule has 1 aromatic rings. The topological polar surface area (TPSA) is 63.6 Å². The van der Waals surface area contributed by atoms with E-state index in [0.717, 1.165) is 51.4 Å². The summed E-state index contributed by atoms with van der Waals surface area (Å²) in [5.74, 6) is -1.64. The maximum atomic E-state index is 12.6. The summed E-state index contributed by atoms with van der Waals surface area (Å²) in [6, 6.07) is 6.25. The molecular weight excluding hydrogens is 328 g/mol. The molecule has 0 radical (unpaired) electrons. The quantitative estimate of drug-likeness (QED) is 0.360. The number of ether oxygens (including phenoxy) is 1. The second-order valence-electron chi connectivity index (χ2n) is 7.85. The van der Waals surface area contributed by atoms with Gasteiger partial charge in [0, 0.05) is 0 Å². The first-order valence-corrected chi connectivity index (χ1v) is 9.84. The molecule has 0 aliphatic carbocycles. The molecule has 1 rings (SSSR count). The summed E-state index contributed by atoms with van der Waals surface area (Å²) in [5, 5.41) is 9.30. The van der Waals surface area contributed by atoms with Gasteiger partial charge in [-0.2, -0.15) is 0 Å². The Morgan fingerprint density at radius 2 is 1.65 bits per heavy atom. The Hall–Kier alpha value is -1.84. The van der Waals surface area contributed by atoms with Crippen molar-refractivity contribution in [1.29, 1.82) is 0 Å². The van der Waals surface area contributed by atoms with Gasteiger partial charge < -0.3 is 9.84 Å². The molecule has 26 heavy (non-hydrogen) atoms. The second-order valence-corrected chi connectivity index (χ2v) is 7.85. The lowest BCUT2D eigenvalue weighted by Crippen LogP contribution is -2.26. The third-order valence-electron chi connectivity index (χ3n) is 4.77. The SMILES string of the molecule is CCCCCC(CC(C)(C)CCCC)OC(=O)c1ccccc1C(=O)O. The molecule has 4 heteroatoms. The average Bonchev–Trinajstić information content (AvgIpc) is 2.59. The first-order chi connectivity index (χ1) is 12.3. The predicted octanol–water partition coefficient (Wildman–Crippen LogP) is 6.10. The molecule has 1 unspecified atom stereocenters. The van der Waals surface area contributed by atoms with Crippen LogP contribution in [-0.4, -0.2) is 23.1 Å². The highest BCUT2D eigenvalue weighted by atomic mass is 16.5. The van der Waals surface area contributed by atoms with Crippen LogP contribution in [0.25, 0.3) is 0 Å². The van der Waals surface area contributed by atoms with Crippen LogP contribution in [0.3, 0.4) is 0 Å². The van der Waals surface area contributed by atoms with Crippen LogP contribution < -0.4 is 0 Å². The molecular formula is C22H34O4. The van der Waals surface area contributed by atoms with Gasteiger partial charge in [-0.15, -0.1) is 0 Å². The zero-order chi connectivity index (χ0) is 19.6. The normalized spacial score (nSPS) is 12.6. The van der Waals surface area contributed by atoms with Gasteiger partial charge in [0.1, 0.15) is 6.10 Å². The molecule has 4 nitrogen and oxygen atoms in total. The summed E-state index contributed by atoms with van der Waals surface area (Å²) < 4.78 is 5.79. The number of aromatic carboxylic acids is 1. The van der Waals surface area contributed by atoms with Crippen LogP contribution in [0.2, 0.25) is 0 Å². The van der Waals surface area contributed by atoms with Gasteiger partial charge in [0.2, 0.25) is 0 Å². The van der Waals surface area contributed by atoms with Crippen LogP contribution in [0.15, 0.2) is 24.3 Å². The van der Waals surface area contributed by atoms with Gasteiger partial charge in [0.05, 0.1) is 11.1 Å². The van der Waals surface area contributed by atoms with E-state index in [0.29, 0.717) is 0 Å². The van der Waals surface area contributed by atoms with Crippen molar-refractivity contribution >= 4 is 11.9 Å². The molecule has 0 fully saturated rings. The van der Waals surface area contributed by atoms with Crippen molar-refractivity contribution < 1.29 is 19.4 Å². The highest BCUT2D eigenvalue weighted by Gasteiger charge is 2.27. The smallest absolute Gasteiger partial charge is 0.339 e. The van der Waals surface area contributed by atoms with E-state index in [1.54, 1.807) is 12.1 Å². The van der Waals surface area contributed by atoms with Crippen LogP contribution in [-0.2, 0) is 4.74 Å². The third kappa shape index (κ3) is 7.59. The number of carboxylic acid groups (broad SMARTS) is 1. The van der Waals surface area contributed by atoms with Crippen molar-refractivity contribution in [2.24, 2.45) is 5.41 Å². The lowest BCUT2D eigenvalue weighted by atomic mass is 9.81. The van der Waals surface area contributed by atoms with E-state index in [-0.39, 0.29) is 22.6 Å². The van der Waals surface area contributed by atoms with E-state index in [9.17, 15) is 14.7 Å². The van der Waals surface area contributed by atoms with Crippen LogP contribution in [0.5, 0.6) is 0 Å². The fourth-order valence-corrected chi connectivity index (χ4v) is 3.26. The van der Waals surface area contributed by atoms with Gasteiger partial charge >= 0.3 is 11.9 Å². The molecule has 1 aromatic carbocycles. The van der Waals surface area contributed by atoms with Gasteiger partial charge in [0.25, 0.3) is 0 Å². The Morgan fingerprint density at radius 3 is 2.23 bits per heavy atom. The number of carbonyl (C=O) groups excluding carboxylic acids is 1. The molecule has 0 bridgehead atoms. The van der Waals surface area contributed by atoms with Gasteiger partial charge in [-0.1, -0.05) is 65.5 Å². The minimum Gasteiger partial charge on any atom is -0.478 e. The zero-order valence-electron chi connectivity index (χ0n) is 16.7. The Kier molecular flexibility index (Phi) is 9.39. The number of esters is 1. The fraction of sp³-hybridized carbons (Fsp3) is 0.636. The second kappa shape index (κ2) is 11.0. The Bertz CT molecular complexity index is 577. The number of unbranched alkanes of at least 4 members (excludes halogenated alkanes) is 3. The molecule has 146 valence electrons. The molecule has 0 aliphatic heterocycles. The van der Waals surface area contributed by atoms with E-state index in [2.05, 4.69) is 27.7 Å². The summed E-state index contributed by atoms with van der Waals surface area (Å²) in [5.41, 5.74) is 0.223. The van der Waals surface area contributed by atoms with Gasteiger partial charge in [-0.3, -0.25) is 0 Å². The van der Waals surface area contributed by atoms with E-state index < -0.39 is 11.9 Å². The third-order valence-corrected chi connectivity index (χ3v) is 4.77. The van der Waals surface area contributed by atoms with Crippen molar-refractivity contribution in [3.8, 4) is 0 Å². The van der Waals surface area contributed by atoms with E-state index in [4.69, 9.17) is 4.74 Å². The molecule has 0 aromatic heterocycles. The van der Waals surface area contributed by atoms with Crippen molar-refractivity contribution in [3.63, 3.8) is 0 Å². The average molecular weight is 363 g/mol. The first kappa shape index (κ1) is 22.2. The monoisotopic (exact) mass is 362 g/mol. The molecule has 1 N–H and O–H groups in total. The van der Waals surface area contributed by atoms with Crippen molar-refractivity contribution in [1.82, 2.24) is 0 Å². The predicted molar refractivity (Wildman–Crippen MR) is 105 cm³/mol. The maximum absolute atomic E-state index is 12.6. The Labute approximate surface area is 158 Å². The highest BCUT2D eigenvalue weighted by molar-refractivity contribution is 6.02. The highest BCUT2D eigenvalue weighted by Crippen LogP contribution is 2.32. The van der Waals surface area contributed by atoms with Crippen LogP contribution >= 0.6 is 0 Å². The fourth-order valence-electron chi connectivity index (χ4n) is 3.26. The van der Waals surface area contributed by atoms with E-state index in [1.807, 2.05) is 0 Å². The van der Waals surface area contributed by atoms with Crippen LogP contribution in [0.4, 0.5) is 0 Å². The van der Waals surface area contributed by atoms with Crippen molar-refractivity contribution in [3.05, 3.63) is 35.4 Å². The van der Waals surface area contributed by atoms with Gasteiger partial charge in [-0.25, -0.2) is 9.59 Å². The zero-order valence-corrected chi connectivity index (χ0v) is 16.7. The molecule has 0 amide bonds. The number of hydrogen-bond donors (Lipinski definition) is 1. The summed E-state index contributed by atoms with van der Waals surface area (Å²) in [7, 11) is 0. The van der Waals surface area contributed by atoms with Gasteiger partial charge in [-0.05, 0) is 43.2 Å². The molecule has 0 heterocycles. The number of carbonyl (C=O) groups is 2. The Balaban J connectivity index is 2.87. The lowest BCUT2D eigenvalue weighted by Gasteiger charge is -2.30. The summed E-state index contributed by atoms with van der Waals surface area (Å²) >= 11 is 0. The summed E-state index contributed by atoms with van der Waals surface area (Å²) in [4.78, 5) is 24.0. The first-order valence-electron chi connectivity index (χ1n) is 9.84. The van der Waals surface area contributed by atoms with E-state index in [1.165, 1.54) is 12.1 Å². The number of benzene rings is 1. The number of hydrogen-bond acceptors (Lipinski definition) is 3. The molecule has 1 atom stereocenters. The number of rotatable bonds is 12. The molecule has 0 spiro atoms. The van der Waals surface area contributed by atoms with Crippen LogP contribution in [0.1, 0.15) is 99.8 Å². The molecule has 0 saturated heterocycles. The van der Waals surface area contributed by atoms with Crippen LogP contribution in [0, 0.1) is 5.41 Å². The van der Waals surface area contributed by atoms with Crippen molar-refractivity contribution in [2.45, 2.75) is 85.2 Å².